The number of hydrogen-bond acceptors (Lipinski definition) is 3. The molecule has 4 nitrogen and oxygen atoms in total. The normalized spacial score (nSPS) is 22.4. The van der Waals surface area contributed by atoms with Crippen LogP contribution in [0.1, 0.15) is 52.4 Å². The Morgan fingerprint density at radius 3 is 2.76 bits per heavy atom. The van der Waals surface area contributed by atoms with Gasteiger partial charge in [-0.05, 0) is 25.3 Å². The van der Waals surface area contributed by atoms with E-state index in [4.69, 9.17) is 0 Å². The van der Waals surface area contributed by atoms with Crippen molar-refractivity contribution in [1.82, 2.24) is 10.6 Å². The van der Waals surface area contributed by atoms with Gasteiger partial charge in [-0.1, -0.05) is 33.1 Å². The van der Waals surface area contributed by atoms with Crippen molar-refractivity contribution in [3.8, 4) is 0 Å². The number of piperidine rings is 1. The smallest absolute Gasteiger partial charge is 0.243 e. The van der Waals surface area contributed by atoms with Gasteiger partial charge in [-0.3, -0.25) is 14.9 Å². The Kier molecular flexibility index (Phi) is 6.19. The fourth-order valence-corrected chi connectivity index (χ4v) is 2.14. The van der Waals surface area contributed by atoms with Crippen LogP contribution >= 0.6 is 0 Å². The lowest BCUT2D eigenvalue weighted by Crippen LogP contribution is -2.51. The van der Waals surface area contributed by atoms with Crippen LogP contribution in [0.25, 0.3) is 0 Å². The lowest BCUT2D eigenvalue weighted by atomic mass is 9.98. The van der Waals surface area contributed by atoms with Gasteiger partial charge in [0.25, 0.3) is 0 Å². The molecule has 1 saturated heterocycles. The van der Waals surface area contributed by atoms with Crippen molar-refractivity contribution in [3.63, 3.8) is 0 Å². The first-order valence-corrected chi connectivity index (χ1v) is 6.74. The van der Waals surface area contributed by atoms with Gasteiger partial charge in [-0.25, -0.2) is 0 Å². The number of carbonyl (C=O) groups excluding carboxylic acids is 2. The zero-order valence-electron chi connectivity index (χ0n) is 10.9. The predicted molar refractivity (Wildman–Crippen MR) is 67.5 cm³/mol. The molecule has 0 aromatic heterocycles. The summed E-state index contributed by atoms with van der Waals surface area (Å²) < 4.78 is 0. The molecule has 0 aromatic carbocycles. The number of imide groups is 1. The first-order chi connectivity index (χ1) is 8.17. The van der Waals surface area contributed by atoms with Crippen molar-refractivity contribution in [1.29, 1.82) is 0 Å². The van der Waals surface area contributed by atoms with Crippen molar-refractivity contribution in [2.24, 2.45) is 5.92 Å². The molecular formula is C13H24N2O2. The van der Waals surface area contributed by atoms with Crippen LogP contribution in [-0.4, -0.2) is 24.4 Å². The third kappa shape index (κ3) is 4.86. The summed E-state index contributed by atoms with van der Waals surface area (Å²) in [6, 6.07) is -0.177. The second-order valence-electron chi connectivity index (χ2n) is 4.83. The SMILES string of the molecule is CCCCC(CC)CNC1CCC(=O)NC1=O. The van der Waals surface area contributed by atoms with E-state index in [0.717, 1.165) is 13.0 Å². The lowest BCUT2D eigenvalue weighted by molar-refractivity contribution is -0.134. The van der Waals surface area contributed by atoms with E-state index in [1.54, 1.807) is 0 Å². The fraction of sp³-hybridized carbons (Fsp3) is 0.846. The molecule has 2 amide bonds. The van der Waals surface area contributed by atoms with Gasteiger partial charge in [-0.15, -0.1) is 0 Å². The van der Waals surface area contributed by atoms with E-state index in [-0.39, 0.29) is 17.9 Å². The Bertz CT molecular complexity index is 266. The molecule has 1 heterocycles. The van der Waals surface area contributed by atoms with Gasteiger partial charge in [0.2, 0.25) is 11.8 Å². The van der Waals surface area contributed by atoms with Crippen LogP contribution in [-0.2, 0) is 9.59 Å². The molecule has 0 aromatic rings. The Morgan fingerprint density at radius 1 is 1.41 bits per heavy atom. The molecule has 17 heavy (non-hydrogen) atoms. The molecule has 1 rings (SSSR count). The second kappa shape index (κ2) is 7.43. The number of hydrogen-bond donors (Lipinski definition) is 2. The number of carbonyl (C=O) groups is 2. The molecule has 0 radical (unpaired) electrons. The largest absolute Gasteiger partial charge is 0.306 e. The third-order valence-electron chi connectivity index (χ3n) is 3.44. The van der Waals surface area contributed by atoms with E-state index < -0.39 is 0 Å². The molecule has 2 N–H and O–H groups in total. The molecule has 0 spiro atoms. The Morgan fingerprint density at radius 2 is 2.18 bits per heavy atom. The number of amides is 2. The van der Waals surface area contributed by atoms with Crippen LogP contribution < -0.4 is 10.6 Å². The van der Waals surface area contributed by atoms with Crippen molar-refractivity contribution in [3.05, 3.63) is 0 Å². The molecular weight excluding hydrogens is 216 g/mol. The van der Waals surface area contributed by atoms with Crippen molar-refractivity contribution in [2.45, 2.75) is 58.4 Å². The topological polar surface area (TPSA) is 58.2 Å². The summed E-state index contributed by atoms with van der Waals surface area (Å²) in [5.74, 6) is 0.332. The van der Waals surface area contributed by atoms with Crippen molar-refractivity contribution < 1.29 is 9.59 Å². The predicted octanol–water partition coefficient (Wildman–Crippen LogP) is 1.60. The number of rotatable bonds is 7. The van der Waals surface area contributed by atoms with E-state index in [1.165, 1.54) is 19.3 Å². The van der Waals surface area contributed by atoms with Gasteiger partial charge in [0.05, 0.1) is 6.04 Å². The van der Waals surface area contributed by atoms with Gasteiger partial charge < -0.3 is 5.32 Å². The average molecular weight is 240 g/mol. The highest BCUT2D eigenvalue weighted by atomic mass is 16.2. The van der Waals surface area contributed by atoms with E-state index >= 15 is 0 Å². The Balaban J connectivity index is 2.28. The summed E-state index contributed by atoms with van der Waals surface area (Å²) in [6.45, 7) is 5.26. The number of unbranched alkanes of at least 4 members (excludes halogenated alkanes) is 1. The molecule has 4 heteroatoms. The fourth-order valence-electron chi connectivity index (χ4n) is 2.14. The van der Waals surface area contributed by atoms with Crippen LogP contribution in [0.15, 0.2) is 0 Å². The van der Waals surface area contributed by atoms with Crippen LogP contribution in [0.4, 0.5) is 0 Å². The van der Waals surface area contributed by atoms with E-state index in [2.05, 4.69) is 24.5 Å². The minimum Gasteiger partial charge on any atom is -0.306 e. The minimum atomic E-state index is -0.177. The average Bonchev–Trinajstić information content (AvgIpc) is 2.31. The van der Waals surface area contributed by atoms with Gasteiger partial charge in [0.1, 0.15) is 0 Å². The minimum absolute atomic E-state index is 0.147. The zero-order valence-corrected chi connectivity index (χ0v) is 10.9. The van der Waals surface area contributed by atoms with Crippen molar-refractivity contribution in [2.75, 3.05) is 6.54 Å². The van der Waals surface area contributed by atoms with Crippen LogP contribution in [0.2, 0.25) is 0 Å². The van der Waals surface area contributed by atoms with E-state index in [9.17, 15) is 9.59 Å². The summed E-state index contributed by atoms with van der Waals surface area (Å²) in [7, 11) is 0. The third-order valence-corrected chi connectivity index (χ3v) is 3.44. The van der Waals surface area contributed by atoms with Gasteiger partial charge in [0.15, 0.2) is 0 Å². The summed E-state index contributed by atoms with van der Waals surface area (Å²) in [5.41, 5.74) is 0. The van der Waals surface area contributed by atoms with Crippen LogP contribution in [0.5, 0.6) is 0 Å². The lowest BCUT2D eigenvalue weighted by Gasteiger charge is -2.24. The first kappa shape index (κ1) is 14.2. The second-order valence-corrected chi connectivity index (χ2v) is 4.83. The standard InChI is InChI=1S/C13H24N2O2/c1-3-5-6-10(4-2)9-14-11-7-8-12(16)15-13(11)17/h10-11,14H,3-9H2,1-2H3,(H,15,16,17). The first-order valence-electron chi connectivity index (χ1n) is 6.74. The molecule has 98 valence electrons. The molecule has 1 fully saturated rings. The summed E-state index contributed by atoms with van der Waals surface area (Å²) in [6.07, 6.45) is 5.90. The van der Waals surface area contributed by atoms with Gasteiger partial charge >= 0.3 is 0 Å². The molecule has 0 saturated carbocycles. The molecule has 1 aliphatic rings. The maximum absolute atomic E-state index is 11.5. The monoisotopic (exact) mass is 240 g/mol. The zero-order chi connectivity index (χ0) is 12.7. The molecule has 2 atom stereocenters. The van der Waals surface area contributed by atoms with Crippen molar-refractivity contribution >= 4 is 11.8 Å². The number of nitrogens with one attached hydrogen (secondary N) is 2. The highest BCUT2D eigenvalue weighted by Gasteiger charge is 2.26. The Hall–Kier alpha value is -0.900. The quantitative estimate of drug-likeness (QED) is 0.664. The Labute approximate surface area is 104 Å². The van der Waals surface area contributed by atoms with Gasteiger partial charge in [-0.2, -0.15) is 0 Å². The molecule has 2 unspecified atom stereocenters. The molecule has 1 aliphatic heterocycles. The van der Waals surface area contributed by atoms with E-state index in [1.807, 2.05) is 0 Å². The summed E-state index contributed by atoms with van der Waals surface area (Å²) >= 11 is 0. The highest BCUT2D eigenvalue weighted by molar-refractivity contribution is 6.00. The molecule has 0 aliphatic carbocycles. The maximum Gasteiger partial charge on any atom is 0.243 e. The highest BCUT2D eigenvalue weighted by Crippen LogP contribution is 2.12. The van der Waals surface area contributed by atoms with Crippen LogP contribution in [0.3, 0.4) is 0 Å². The van der Waals surface area contributed by atoms with Crippen LogP contribution in [0, 0.1) is 5.92 Å². The summed E-state index contributed by atoms with van der Waals surface area (Å²) in [4.78, 5) is 22.5. The van der Waals surface area contributed by atoms with E-state index in [0.29, 0.717) is 18.8 Å². The maximum atomic E-state index is 11.5. The van der Waals surface area contributed by atoms with Gasteiger partial charge in [0, 0.05) is 6.42 Å². The molecule has 0 bridgehead atoms. The summed E-state index contributed by atoms with van der Waals surface area (Å²) in [5, 5.41) is 5.66.